The molecular weight excluding hydrogens is 431 g/mol. The molecule has 5 heteroatoms. The molecule has 0 aromatic heterocycles. The summed E-state index contributed by atoms with van der Waals surface area (Å²) in [7, 11) is 0. The van der Waals surface area contributed by atoms with Gasteiger partial charge in [0.05, 0.1) is 0 Å². The predicted molar refractivity (Wildman–Crippen MR) is 95.5 cm³/mol. The maximum Gasteiger partial charge on any atom is 0.167 e. The van der Waals surface area contributed by atoms with E-state index in [1.807, 2.05) is 0 Å². The molecule has 2 aromatic carbocycles. The molecule has 0 unspecified atom stereocenters. The highest BCUT2D eigenvalue weighted by Crippen LogP contribution is 2.39. The minimum Gasteiger partial charge on any atom is -0.203 e. The Morgan fingerprint density at radius 2 is 1.29 bits per heavy atom. The van der Waals surface area contributed by atoms with Gasteiger partial charge in [0.15, 0.2) is 23.3 Å². The molecule has 0 nitrogen and oxygen atoms in total. The van der Waals surface area contributed by atoms with E-state index < -0.39 is 23.3 Å². The fourth-order valence-corrected chi connectivity index (χ4v) is 4.02. The van der Waals surface area contributed by atoms with Crippen molar-refractivity contribution in [2.45, 2.75) is 42.4 Å². The van der Waals surface area contributed by atoms with Crippen molar-refractivity contribution >= 4 is 22.6 Å². The van der Waals surface area contributed by atoms with Gasteiger partial charge in [0.1, 0.15) is 0 Å². The van der Waals surface area contributed by atoms with Crippen molar-refractivity contribution in [3.63, 3.8) is 0 Å². The van der Waals surface area contributed by atoms with Crippen molar-refractivity contribution in [3.8, 4) is 11.1 Å². The largest absolute Gasteiger partial charge is 0.203 e. The maximum atomic E-state index is 14.5. The smallest absolute Gasteiger partial charge is 0.167 e. The molecule has 0 atom stereocenters. The molecule has 1 fully saturated rings. The van der Waals surface area contributed by atoms with Crippen LogP contribution in [0.1, 0.15) is 42.7 Å². The first-order valence-electron chi connectivity index (χ1n) is 7.97. The lowest BCUT2D eigenvalue weighted by molar-refractivity contribution is 0.430. The van der Waals surface area contributed by atoms with E-state index >= 15 is 0 Å². The third kappa shape index (κ3) is 3.19. The van der Waals surface area contributed by atoms with E-state index in [9.17, 15) is 17.6 Å². The van der Waals surface area contributed by atoms with E-state index in [0.717, 1.165) is 25.7 Å². The maximum absolute atomic E-state index is 14.5. The molecule has 1 aliphatic carbocycles. The SMILES string of the molecule is Cc1ccc(-c2ccc(C3CCC(I)CC3)c(F)c2F)c(F)c1F. The number of hydrogen-bond acceptors (Lipinski definition) is 0. The van der Waals surface area contributed by atoms with Crippen molar-refractivity contribution in [1.82, 2.24) is 0 Å². The second-order valence-electron chi connectivity index (χ2n) is 6.34. The van der Waals surface area contributed by atoms with Crippen molar-refractivity contribution in [2.24, 2.45) is 0 Å². The van der Waals surface area contributed by atoms with Crippen LogP contribution in [0, 0.1) is 30.2 Å². The lowest BCUT2D eigenvalue weighted by atomic mass is 9.83. The zero-order valence-corrected chi connectivity index (χ0v) is 15.3. The van der Waals surface area contributed by atoms with Crippen molar-refractivity contribution < 1.29 is 17.6 Å². The summed E-state index contributed by atoms with van der Waals surface area (Å²) in [6.07, 6.45) is 3.59. The molecule has 0 bridgehead atoms. The summed E-state index contributed by atoms with van der Waals surface area (Å²) >= 11 is 2.38. The Morgan fingerprint density at radius 3 is 1.92 bits per heavy atom. The molecule has 1 aliphatic rings. The highest BCUT2D eigenvalue weighted by Gasteiger charge is 2.26. The first-order chi connectivity index (χ1) is 11.4. The quantitative estimate of drug-likeness (QED) is 0.273. The summed E-state index contributed by atoms with van der Waals surface area (Å²) in [4.78, 5) is 0. The molecule has 128 valence electrons. The number of rotatable bonds is 2. The zero-order chi connectivity index (χ0) is 17.4. The van der Waals surface area contributed by atoms with E-state index in [0.29, 0.717) is 9.49 Å². The van der Waals surface area contributed by atoms with Gasteiger partial charge in [-0.2, -0.15) is 0 Å². The summed E-state index contributed by atoms with van der Waals surface area (Å²) in [6.45, 7) is 1.42. The van der Waals surface area contributed by atoms with Crippen LogP contribution in [0.4, 0.5) is 17.6 Å². The van der Waals surface area contributed by atoms with Gasteiger partial charge in [-0.05, 0) is 49.7 Å². The Morgan fingerprint density at radius 1 is 0.750 bits per heavy atom. The zero-order valence-electron chi connectivity index (χ0n) is 13.2. The topological polar surface area (TPSA) is 0 Å². The lowest BCUT2D eigenvalue weighted by Gasteiger charge is -2.26. The Bertz CT molecular complexity index is 764. The number of aryl methyl sites for hydroxylation is 1. The van der Waals surface area contributed by atoms with Gasteiger partial charge >= 0.3 is 0 Å². The van der Waals surface area contributed by atoms with Gasteiger partial charge in [-0.1, -0.05) is 46.9 Å². The van der Waals surface area contributed by atoms with Crippen LogP contribution in [0.5, 0.6) is 0 Å². The van der Waals surface area contributed by atoms with Crippen molar-refractivity contribution in [2.75, 3.05) is 0 Å². The minimum atomic E-state index is -1.15. The lowest BCUT2D eigenvalue weighted by Crippen LogP contribution is -2.14. The third-order valence-corrected chi connectivity index (χ3v) is 6.02. The van der Waals surface area contributed by atoms with Gasteiger partial charge in [-0.25, -0.2) is 17.6 Å². The monoisotopic (exact) mass is 448 g/mol. The van der Waals surface area contributed by atoms with Gasteiger partial charge in [-0.15, -0.1) is 0 Å². The van der Waals surface area contributed by atoms with Crippen LogP contribution < -0.4 is 0 Å². The second-order valence-corrected chi connectivity index (χ2v) is 8.10. The molecule has 0 amide bonds. The molecule has 2 aromatic rings. The van der Waals surface area contributed by atoms with Gasteiger partial charge in [0.2, 0.25) is 0 Å². The molecule has 0 radical (unpaired) electrons. The summed E-state index contributed by atoms with van der Waals surface area (Å²) in [6, 6.07) is 5.52. The first-order valence-corrected chi connectivity index (χ1v) is 9.21. The van der Waals surface area contributed by atoms with Crippen molar-refractivity contribution in [3.05, 3.63) is 58.7 Å². The normalized spacial score (nSPS) is 21.1. The molecular formula is C19H17F4I. The fraction of sp³-hybridized carbons (Fsp3) is 0.368. The highest BCUT2D eigenvalue weighted by atomic mass is 127. The highest BCUT2D eigenvalue weighted by molar-refractivity contribution is 14.1. The van der Waals surface area contributed by atoms with Crippen LogP contribution in [0.2, 0.25) is 0 Å². The first kappa shape index (κ1) is 17.7. The predicted octanol–water partition coefficient (Wildman–Crippen LogP) is 6.68. The third-order valence-electron chi connectivity index (χ3n) is 4.77. The fourth-order valence-electron chi connectivity index (χ4n) is 3.31. The van der Waals surface area contributed by atoms with E-state index in [1.165, 1.54) is 31.2 Å². The standard InChI is InChI=1S/C19H17F4I/c1-10-2-7-14(18(22)16(10)20)15-9-8-13(17(21)19(15)23)11-3-5-12(24)6-4-11/h2,7-9,11-12H,3-6H2,1H3. The van der Waals surface area contributed by atoms with Crippen LogP contribution >= 0.6 is 22.6 Å². The Balaban J connectivity index is 2.01. The minimum absolute atomic E-state index is 0.0147. The molecule has 0 spiro atoms. The van der Waals surface area contributed by atoms with Gasteiger partial charge < -0.3 is 0 Å². The van der Waals surface area contributed by atoms with E-state index in [-0.39, 0.29) is 22.6 Å². The van der Waals surface area contributed by atoms with Crippen LogP contribution in [0.3, 0.4) is 0 Å². The average molecular weight is 448 g/mol. The van der Waals surface area contributed by atoms with Crippen LogP contribution in [-0.2, 0) is 0 Å². The molecule has 24 heavy (non-hydrogen) atoms. The number of halogens is 5. The molecule has 0 aliphatic heterocycles. The summed E-state index contributed by atoms with van der Waals surface area (Å²) in [5.74, 6) is -4.24. The van der Waals surface area contributed by atoms with Gasteiger partial charge in [0.25, 0.3) is 0 Å². The molecule has 0 N–H and O–H groups in total. The number of hydrogen-bond donors (Lipinski definition) is 0. The summed E-state index contributed by atoms with van der Waals surface area (Å²) < 4.78 is 57.5. The Kier molecular flexibility index (Phi) is 5.18. The van der Waals surface area contributed by atoms with E-state index in [1.54, 1.807) is 0 Å². The summed E-state index contributed by atoms with van der Waals surface area (Å²) in [5, 5.41) is 0. The van der Waals surface area contributed by atoms with Crippen molar-refractivity contribution in [1.29, 1.82) is 0 Å². The number of alkyl halides is 1. The Labute approximate surface area is 152 Å². The van der Waals surface area contributed by atoms with Crippen LogP contribution in [0.15, 0.2) is 24.3 Å². The Hall–Kier alpha value is -1.11. The number of benzene rings is 2. The average Bonchev–Trinajstić information content (AvgIpc) is 2.57. The molecule has 3 rings (SSSR count). The van der Waals surface area contributed by atoms with Crippen LogP contribution in [0.25, 0.3) is 11.1 Å². The molecule has 0 heterocycles. The van der Waals surface area contributed by atoms with Gasteiger partial charge in [-0.3, -0.25) is 0 Å². The summed E-state index contributed by atoms with van der Waals surface area (Å²) in [5.41, 5.74) is -0.0240. The van der Waals surface area contributed by atoms with E-state index in [2.05, 4.69) is 22.6 Å². The van der Waals surface area contributed by atoms with Gasteiger partial charge in [0, 0.05) is 15.1 Å². The second kappa shape index (κ2) is 7.02. The van der Waals surface area contributed by atoms with Crippen LogP contribution in [-0.4, -0.2) is 3.92 Å². The molecule has 1 saturated carbocycles. The molecule has 0 saturated heterocycles. The van der Waals surface area contributed by atoms with E-state index in [4.69, 9.17) is 0 Å².